The van der Waals surface area contributed by atoms with Crippen molar-refractivity contribution >= 4 is 0 Å². The lowest BCUT2D eigenvalue weighted by Gasteiger charge is -2.23. The molecule has 3 heteroatoms. The largest absolute Gasteiger partial charge is 0.388 e. The lowest BCUT2D eigenvalue weighted by Crippen LogP contribution is -2.15. The van der Waals surface area contributed by atoms with Crippen LogP contribution in [0.3, 0.4) is 0 Å². The number of rotatable bonds is 2. The van der Waals surface area contributed by atoms with Crippen LogP contribution in [-0.2, 0) is 6.42 Å². The second-order valence-corrected chi connectivity index (χ2v) is 4.96. The molecule has 0 saturated heterocycles. The Morgan fingerprint density at radius 3 is 3.06 bits per heavy atom. The third-order valence-corrected chi connectivity index (χ3v) is 3.84. The summed E-state index contributed by atoms with van der Waals surface area (Å²) in [6.45, 7) is 2.16. The van der Waals surface area contributed by atoms with Gasteiger partial charge < -0.3 is 9.67 Å². The zero-order valence-corrected chi connectivity index (χ0v) is 10.6. The van der Waals surface area contributed by atoms with E-state index in [0.29, 0.717) is 0 Å². The number of pyridine rings is 1. The van der Waals surface area contributed by atoms with Gasteiger partial charge in [-0.05, 0) is 44.4 Å². The summed E-state index contributed by atoms with van der Waals surface area (Å²) < 4.78 is 2.25. The molecule has 18 heavy (non-hydrogen) atoms. The first-order chi connectivity index (χ1) is 8.77. The van der Waals surface area contributed by atoms with Crippen molar-refractivity contribution in [3.05, 3.63) is 53.6 Å². The van der Waals surface area contributed by atoms with Gasteiger partial charge >= 0.3 is 0 Å². The maximum absolute atomic E-state index is 10.00. The third-order valence-electron chi connectivity index (χ3n) is 3.84. The smallest absolute Gasteiger partial charge is 0.0807 e. The minimum absolute atomic E-state index is 0.222. The van der Waals surface area contributed by atoms with E-state index in [4.69, 9.17) is 0 Å². The second kappa shape index (κ2) is 4.58. The Morgan fingerprint density at radius 2 is 2.28 bits per heavy atom. The van der Waals surface area contributed by atoms with E-state index in [1.54, 1.807) is 0 Å². The van der Waals surface area contributed by atoms with Crippen molar-refractivity contribution in [2.45, 2.75) is 38.3 Å². The average Bonchev–Trinajstić information content (AvgIpc) is 2.84. The quantitative estimate of drug-likeness (QED) is 0.879. The number of aliphatic hydroxyl groups is 1. The molecule has 2 aromatic heterocycles. The van der Waals surface area contributed by atoms with Gasteiger partial charge in [0.25, 0.3) is 0 Å². The third kappa shape index (κ3) is 1.85. The van der Waals surface area contributed by atoms with Gasteiger partial charge in [0.05, 0.1) is 17.8 Å². The van der Waals surface area contributed by atoms with Crippen molar-refractivity contribution in [3.8, 4) is 0 Å². The molecule has 3 nitrogen and oxygen atoms in total. The molecule has 3 rings (SSSR count). The molecule has 94 valence electrons. The summed E-state index contributed by atoms with van der Waals surface area (Å²) in [7, 11) is 0. The van der Waals surface area contributed by atoms with Crippen LogP contribution in [0.25, 0.3) is 0 Å². The van der Waals surface area contributed by atoms with Crippen LogP contribution in [0.2, 0.25) is 0 Å². The van der Waals surface area contributed by atoms with E-state index >= 15 is 0 Å². The summed E-state index contributed by atoms with van der Waals surface area (Å²) in [5.74, 6) is 0. The number of aromatic nitrogens is 2. The van der Waals surface area contributed by atoms with E-state index < -0.39 is 0 Å². The van der Waals surface area contributed by atoms with Gasteiger partial charge in [0.1, 0.15) is 0 Å². The number of hydrogen-bond donors (Lipinski definition) is 1. The molecule has 2 aromatic rings. The van der Waals surface area contributed by atoms with Crippen LogP contribution < -0.4 is 0 Å². The van der Waals surface area contributed by atoms with Crippen molar-refractivity contribution in [3.63, 3.8) is 0 Å². The molecule has 2 atom stereocenters. The molecular weight excluding hydrogens is 224 g/mol. The monoisotopic (exact) mass is 242 g/mol. The van der Waals surface area contributed by atoms with E-state index in [-0.39, 0.29) is 12.1 Å². The number of hydrogen-bond acceptors (Lipinski definition) is 2. The summed E-state index contributed by atoms with van der Waals surface area (Å²) in [5.41, 5.74) is 3.44. The molecule has 1 aliphatic carbocycles. The molecule has 0 radical (unpaired) electrons. The van der Waals surface area contributed by atoms with Crippen molar-refractivity contribution in [2.24, 2.45) is 0 Å². The summed E-state index contributed by atoms with van der Waals surface area (Å²) in [6.07, 6.45) is 6.62. The highest BCUT2D eigenvalue weighted by Crippen LogP contribution is 2.32. The highest BCUT2D eigenvalue weighted by Gasteiger charge is 2.23. The first kappa shape index (κ1) is 11.5. The van der Waals surface area contributed by atoms with E-state index in [2.05, 4.69) is 34.8 Å². The fourth-order valence-corrected chi connectivity index (χ4v) is 2.82. The Balaban J connectivity index is 1.98. The van der Waals surface area contributed by atoms with Crippen LogP contribution in [0, 0.1) is 0 Å². The highest BCUT2D eigenvalue weighted by atomic mass is 16.3. The van der Waals surface area contributed by atoms with Gasteiger partial charge in [0.2, 0.25) is 0 Å². The van der Waals surface area contributed by atoms with Gasteiger partial charge in [-0.1, -0.05) is 6.07 Å². The van der Waals surface area contributed by atoms with E-state index in [1.165, 1.54) is 5.69 Å². The lowest BCUT2D eigenvalue weighted by atomic mass is 9.95. The SMILES string of the molecule is CC(c1ccccn1)n1ccc2c1CCCC2O. The van der Waals surface area contributed by atoms with E-state index in [0.717, 1.165) is 30.5 Å². The lowest BCUT2D eigenvalue weighted by molar-refractivity contribution is 0.155. The summed E-state index contributed by atoms with van der Waals surface area (Å²) in [4.78, 5) is 4.42. The molecule has 0 fully saturated rings. The van der Waals surface area contributed by atoms with Crippen LogP contribution in [0.4, 0.5) is 0 Å². The number of nitrogens with zero attached hydrogens (tertiary/aromatic N) is 2. The standard InChI is InChI=1S/C15H18N2O/c1-11(13-5-2-3-9-16-13)17-10-8-12-14(17)6-4-7-15(12)18/h2-3,5,8-11,15,18H,4,6-7H2,1H3. The topological polar surface area (TPSA) is 38.0 Å². The van der Waals surface area contributed by atoms with Gasteiger partial charge in [-0.3, -0.25) is 4.98 Å². The van der Waals surface area contributed by atoms with E-state index in [1.807, 2.05) is 18.3 Å². The van der Waals surface area contributed by atoms with Crippen molar-refractivity contribution in [2.75, 3.05) is 0 Å². The first-order valence-electron chi connectivity index (χ1n) is 6.56. The molecule has 0 spiro atoms. The number of aliphatic hydroxyl groups excluding tert-OH is 1. The molecule has 0 amide bonds. The van der Waals surface area contributed by atoms with Gasteiger partial charge in [-0.25, -0.2) is 0 Å². The van der Waals surface area contributed by atoms with Crippen LogP contribution in [-0.4, -0.2) is 14.7 Å². The first-order valence-corrected chi connectivity index (χ1v) is 6.56. The van der Waals surface area contributed by atoms with Crippen molar-refractivity contribution in [1.29, 1.82) is 0 Å². The minimum atomic E-state index is -0.286. The Bertz CT molecular complexity index is 533. The molecule has 0 aliphatic heterocycles. The van der Waals surface area contributed by atoms with Crippen LogP contribution in [0.1, 0.15) is 48.9 Å². The minimum Gasteiger partial charge on any atom is -0.388 e. The molecule has 0 bridgehead atoms. The predicted molar refractivity (Wildman–Crippen MR) is 70.4 cm³/mol. The van der Waals surface area contributed by atoms with Gasteiger partial charge in [-0.15, -0.1) is 0 Å². The zero-order valence-electron chi connectivity index (χ0n) is 10.6. The summed E-state index contributed by atoms with van der Waals surface area (Å²) in [5, 5.41) is 10.00. The molecule has 1 N–H and O–H groups in total. The zero-order chi connectivity index (χ0) is 12.5. The molecular formula is C15H18N2O. The number of fused-ring (bicyclic) bond motifs is 1. The predicted octanol–water partition coefficient (Wildman–Crippen LogP) is 2.86. The maximum atomic E-state index is 10.00. The van der Waals surface area contributed by atoms with Crippen molar-refractivity contribution < 1.29 is 5.11 Å². The van der Waals surface area contributed by atoms with E-state index in [9.17, 15) is 5.11 Å². The molecule has 1 aliphatic rings. The van der Waals surface area contributed by atoms with Crippen LogP contribution in [0.15, 0.2) is 36.7 Å². The van der Waals surface area contributed by atoms with Crippen molar-refractivity contribution in [1.82, 2.24) is 9.55 Å². The fourth-order valence-electron chi connectivity index (χ4n) is 2.82. The van der Waals surface area contributed by atoms with Gasteiger partial charge in [0.15, 0.2) is 0 Å². The molecule has 0 saturated carbocycles. The molecule has 0 aromatic carbocycles. The average molecular weight is 242 g/mol. The Hall–Kier alpha value is -1.61. The highest BCUT2D eigenvalue weighted by molar-refractivity contribution is 5.29. The molecule has 2 unspecified atom stereocenters. The van der Waals surface area contributed by atoms with Crippen LogP contribution in [0.5, 0.6) is 0 Å². The fraction of sp³-hybridized carbons (Fsp3) is 0.400. The van der Waals surface area contributed by atoms with Gasteiger partial charge in [0, 0.05) is 23.7 Å². The summed E-state index contributed by atoms with van der Waals surface area (Å²) >= 11 is 0. The Morgan fingerprint density at radius 1 is 1.39 bits per heavy atom. The van der Waals surface area contributed by atoms with Crippen LogP contribution >= 0.6 is 0 Å². The Labute approximate surface area is 107 Å². The molecule has 2 heterocycles. The Kier molecular flexibility index (Phi) is 2.92. The van der Waals surface area contributed by atoms with Gasteiger partial charge in [-0.2, -0.15) is 0 Å². The summed E-state index contributed by atoms with van der Waals surface area (Å²) in [6, 6.07) is 8.28. The normalized spacial score (nSPS) is 20.4. The maximum Gasteiger partial charge on any atom is 0.0807 e. The second-order valence-electron chi connectivity index (χ2n) is 4.96.